The summed E-state index contributed by atoms with van der Waals surface area (Å²) in [6.07, 6.45) is 1.19. The van der Waals surface area contributed by atoms with E-state index in [0.29, 0.717) is 76.8 Å². The highest BCUT2D eigenvalue weighted by atomic mass is 32.2. The number of rotatable bonds is 24. The molecular formula is C59H75N7O12S. The van der Waals surface area contributed by atoms with Gasteiger partial charge < -0.3 is 55.5 Å². The Morgan fingerprint density at radius 3 is 2.22 bits per heavy atom. The molecule has 5 amide bonds. The minimum atomic E-state index is -4.18. The van der Waals surface area contributed by atoms with Crippen LogP contribution in [0.5, 0.6) is 0 Å². The first kappa shape index (κ1) is 57.3. The molecule has 19 nitrogen and oxygen atoms in total. The maximum Gasteiger partial charge on any atom is 0.407 e. The first-order valence-electron chi connectivity index (χ1n) is 28.0. The molecule has 4 aromatic rings. The van der Waals surface area contributed by atoms with E-state index in [1.54, 1.807) is 12.1 Å². The van der Waals surface area contributed by atoms with Crippen LogP contribution in [0.1, 0.15) is 93.4 Å². The number of carbonyl (C=O) groups excluding carboxylic acids is 5. The van der Waals surface area contributed by atoms with Gasteiger partial charge in [0.05, 0.1) is 42.2 Å². The Morgan fingerprint density at radius 2 is 1.51 bits per heavy atom. The number of likely N-dealkylation sites (tertiary alicyclic amines) is 1. The van der Waals surface area contributed by atoms with Gasteiger partial charge in [-0.2, -0.15) is 4.31 Å². The Morgan fingerprint density at radius 1 is 0.785 bits per heavy atom. The number of carbonyl (C=O) groups is 5. The van der Waals surface area contributed by atoms with Crippen molar-refractivity contribution < 1.29 is 56.4 Å². The van der Waals surface area contributed by atoms with Crippen molar-refractivity contribution in [1.29, 1.82) is 0 Å². The fourth-order valence-electron chi connectivity index (χ4n) is 11.5. The number of hydrogen-bond donors (Lipinski definition) is 6. The molecule has 424 valence electrons. The second-order valence-electron chi connectivity index (χ2n) is 21.7. The summed E-state index contributed by atoms with van der Waals surface area (Å²) in [6, 6.07) is 28.7. The number of nitrogens with zero attached hydrogens (tertiary/aromatic N) is 2. The molecule has 9 rings (SSSR count). The van der Waals surface area contributed by atoms with Crippen LogP contribution in [-0.2, 0) is 56.3 Å². The second kappa shape index (κ2) is 26.7. The Hall–Kier alpha value is -6.42. The number of benzene rings is 4. The Labute approximate surface area is 462 Å². The van der Waals surface area contributed by atoms with Gasteiger partial charge in [0.15, 0.2) is 6.29 Å². The highest BCUT2D eigenvalue weighted by molar-refractivity contribution is 7.89. The molecule has 4 saturated heterocycles. The van der Waals surface area contributed by atoms with E-state index in [2.05, 4.69) is 50.8 Å². The van der Waals surface area contributed by atoms with E-state index in [0.717, 1.165) is 34.2 Å². The monoisotopic (exact) mass is 1110 g/mol. The van der Waals surface area contributed by atoms with E-state index < -0.39 is 64.9 Å². The van der Waals surface area contributed by atoms with E-state index in [1.165, 1.54) is 21.3 Å². The van der Waals surface area contributed by atoms with Gasteiger partial charge in [-0.3, -0.25) is 14.4 Å². The Balaban J connectivity index is 0.774. The summed E-state index contributed by atoms with van der Waals surface area (Å²) >= 11 is 0. The summed E-state index contributed by atoms with van der Waals surface area (Å²) in [6.45, 7) is 5.82. The van der Waals surface area contributed by atoms with Crippen molar-refractivity contribution in [1.82, 2.24) is 35.8 Å². The fourth-order valence-corrected chi connectivity index (χ4v) is 13.1. The third-order valence-electron chi connectivity index (χ3n) is 15.7. The Kier molecular flexibility index (Phi) is 19.4. The van der Waals surface area contributed by atoms with Gasteiger partial charge in [-0.25, -0.2) is 18.0 Å². The molecule has 0 aromatic heterocycles. The highest BCUT2D eigenvalue weighted by Crippen LogP contribution is 2.44. The first-order valence-corrected chi connectivity index (χ1v) is 29.4. The second-order valence-corrected chi connectivity index (χ2v) is 23.6. The zero-order chi connectivity index (χ0) is 55.5. The lowest BCUT2D eigenvalue weighted by molar-refractivity contribution is -0.141. The lowest BCUT2D eigenvalue weighted by Crippen LogP contribution is -2.55. The number of unbranched alkanes of at least 4 members (excludes halogenated alkanes) is 1. The lowest BCUT2D eigenvalue weighted by Gasteiger charge is -2.31. The molecule has 79 heavy (non-hydrogen) atoms. The number of alkyl carbamates (subject to hydrolysis) is 2. The summed E-state index contributed by atoms with van der Waals surface area (Å²) in [5, 5.41) is 26.5. The largest absolute Gasteiger partial charge is 0.449 e. The van der Waals surface area contributed by atoms with Crippen LogP contribution < -0.4 is 26.6 Å². The number of aliphatic hydroxyl groups is 1. The van der Waals surface area contributed by atoms with Crippen molar-refractivity contribution in [3.8, 4) is 11.1 Å². The smallest absolute Gasteiger partial charge is 0.407 e. The van der Waals surface area contributed by atoms with Crippen LogP contribution in [0.3, 0.4) is 0 Å². The topological polar surface area (TPSA) is 243 Å². The van der Waals surface area contributed by atoms with E-state index in [9.17, 15) is 37.5 Å². The molecule has 20 heteroatoms. The average Bonchev–Trinajstić information content (AvgIpc) is 4.34. The predicted octanol–water partition coefficient (Wildman–Crippen LogP) is 5.35. The van der Waals surface area contributed by atoms with E-state index in [1.807, 2.05) is 68.4 Å². The van der Waals surface area contributed by atoms with Crippen molar-refractivity contribution in [3.63, 3.8) is 0 Å². The quantitative estimate of drug-likeness (QED) is 0.0486. The summed E-state index contributed by atoms with van der Waals surface area (Å²) in [4.78, 5) is 69.3. The van der Waals surface area contributed by atoms with Crippen LogP contribution in [-0.4, -0.2) is 148 Å². The van der Waals surface area contributed by atoms with Gasteiger partial charge in [-0.1, -0.05) is 105 Å². The summed E-state index contributed by atoms with van der Waals surface area (Å²) in [7, 11) is -4.18. The van der Waals surface area contributed by atoms with Crippen molar-refractivity contribution in [2.45, 2.75) is 132 Å². The SMILES string of the molecule is CC(C)CN(C[C@@H](O)[C@H](Cc1ccccc1)NC(=O)OC1CO[C@H]2OCC[C@@H]12)S(=O)(=O)c1ccc(CNC(=O)[C@@H]2CCCN2C(=O)[C@H](CCCCNC(=O)OCC2c3ccccc3-c3ccccc32)NC(=O)[C@@H]2CCCN2)cc1. The van der Waals surface area contributed by atoms with Gasteiger partial charge in [0, 0.05) is 38.6 Å². The van der Waals surface area contributed by atoms with Gasteiger partial charge in [0.2, 0.25) is 27.7 Å². The van der Waals surface area contributed by atoms with Gasteiger partial charge in [-0.15, -0.1) is 0 Å². The highest BCUT2D eigenvalue weighted by Gasteiger charge is 2.45. The van der Waals surface area contributed by atoms with Crippen LogP contribution in [0.2, 0.25) is 0 Å². The van der Waals surface area contributed by atoms with Crippen LogP contribution >= 0.6 is 0 Å². The minimum Gasteiger partial charge on any atom is -0.449 e. The molecule has 8 atom stereocenters. The maximum absolute atomic E-state index is 14.4. The first-order chi connectivity index (χ1) is 38.2. The van der Waals surface area contributed by atoms with Crippen LogP contribution in [0.4, 0.5) is 9.59 Å². The molecule has 4 fully saturated rings. The standard InChI is InChI=1S/C59H75N7O12S/c1-38(2)34-65(35-52(67)50(32-39-14-4-3-5-15-39)64-59(72)78-53-37-76-57-46(53)27-31-75-57)79(73,74)41-25-23-40(24-26-41)33-62-55(69)51-22-13-30-66(51)56(70)49(63-54(68)48-21-12-29-60-48)20-10-11-28-61-58(71)77-36-47-44-18-8-6-16-42(44)43-17-7-9-19-45(43)47/h3-9,14-19,23-26,38,46-53,57,60,67H,10-13,20-22,27-37H2,1-2H3,(H,61,71)(H,62,69)(H,63,68)(H,64,72)/t46-,48-,49-,50-,51-,52+,53?,57+/m0/s1. The van der Waals surface area contributed by atoms with Crippen molar-refractivity contribution in [2.24, 2.45) is 11.8 Å². The third kappa shape index (κ3) is 14.3. The van der Waals surface area contributed by atoms with Gasteiger partial charge in [-0.05, 0) is 116 Å². The van der Waals surface area contributed by atoms with Crippen molar-refractivity contribution >= 4 is 39.9 Å². The lowest BCUT2D eigenvalue weighted by atomic mass is 9.98. The van der Waals surface area contributed by atoms with Crippen LogP contribution in [0.15, 0.2) is 108 Å². The minimum absolute atomic E-state index is 0.0153. The van der Waals surface area contributed by atoms with Crippen LogP contribution in [0.25, 0.3) is 11.1 Å². The van der Waals surface area contributed by atoms with Gasteiger partial charge in [0.25, 0.3) is 0 Å². The molecule has 6 N–H and O–H groups in total. The molecule has 1 unspecified atom stereocenters. The van der Waals surface area contributed by atoms with E-state index in [-0.39, 0.29) is 79.6 Å². The summed E-state index contributed by atoms with van der Waals surface area (Å²) < 4.78 is 52.6. The summed E-state index contributed by atoms with van der Waals surface area (Å²) in [5.74, 6) is -1.26. The third-order valence-corrected chi connectivity index (χ3v) is 17.5. The van der Waals surface area contributed by atoms with Gasteiger partial charge >= 0.3 is 12.2 Å². The molecule has 0 radical (unpaired) electrons. The molecule has 0 saturated carbocycles. The predicted molar refractivity (Wildman–Crippen MR) is 294 cm³/mol. The van der Waals surface area contributed by atoms with Crippen molar-refractivity contribution in [2.75, 3.05) is 52.5 Å². The molecule has 4 heterocycles. The Bertz CT molecular complexity index is 2810. The number of fused-ring (bicyclic) bond motifs is 4. The average molecular weight is 1110 g/mol. The van der Waals surface area contributed by atoms with E-state index in [4.69, 9.17) is 18.9 Å². The number of sulfonamides is 1. The van der Waals surface area contributed by atoms with Gasteiger partial charge in [0.1, 0.15) is 24.8 Å². The number of ether oxygens (including phenoxy) is 4. The normalized spacial score (nSPS) is 21.7. The van der Waals surface area contributed by atoms with Crippen molar-refractivity contribution in [3.05, 3.63) is 125 Å². The molecule has 4 aromatic carbocycles. The molecular weight excluding hydrogens is 1030 g/mol. The number of aliphatic hydroxyl groups excluding tert-OH is 1. The molecule has 0 bridgehead atoms. The molecule has 0 spiro atoms. The molecule has 4 aliphatic heterocycles. The molecule has 1 aliphatic carbocycles. The zero-order valence-electron chi connectivity index (χ0n) is 45.1. The number of nitrogens with one attached hydrogen (secondary N) is 5. The molecule has 5 aliphatic rings. The van der Waals surface area contributed by atoms with E-state index >= 15 is 0 Å². The number of amides is 5. The fraction of sp³-hybridized carbons (Fsp3) is 0.508. The number of hydrogen-bond acceptors (Lipinski definition) is 13. The summed E-state index contributed by atoms with van der Waals surface area (Å²) in [5.41, 5.74) is 5.97. The van der Waals surface area contributed by atoms with Crippen LogP contribution in [0, 0.1) is 11.8 Å². The zero-order valence-corrected chi connectivity index (χ0v) is 45.9. The maximum atomic E-state index is 14.4.